The molecular formula is C14H28N2O2. The molecule has 0 aliphatic carbocycles. The molecule has 0 radical (unpaired) electrons. The second-order valence-corrected chi connectivity index (χ2v) is 5.77. The molecule has 1 aliphatic rings. The Hall–Kier alpha value is -0.610. The molecule has 0 aromatic rings. The topological polar surface area (TPSA) is 50.4 Å². The Kier molecular flexibility index (Phi) is 6.65. The van der Waals surface area contributed by atoms with Gasteiger partial charge < -0.3 is 15.4 Å². The van der Waals surface area contributed by atoms with Crippen molar-refractivity contribution in [2.45, 2.75) is 64.5 Å². The van der Waals surface area contributed by atoms with E-state index in [0.29, 0.717) is 12.6 Å². The summed E-state index contributed by atoms with van der Waals surface area (Å²) < 4.78 is 5.44. The summed E-state index contributed by atoms with van der Waals surface area (Å²) in [5.74, 6) is -0.0153. The molecule has 1 fully saturated rings. The molecule has 0 bridgehead atoms. The van der Waals surface area contributed by atoms with Crippen LogP contribution < -0.4 is 10.6 Å². The second-order valence-electron chi connectivity index (χ2n) is 5.77. The van der Waals surface area contributed by atoms with E-state index in [1.54, 1.807) is 0 Å². The molecule has 18 heavy (non-hydrogen) atoms. The third-order valence-electron chi connectivity index (χ3n) is 3.62. The van der Waals surface area contributed by atoms with Crippen molar-refractivity contribution < 1.29 is 9.53 Å². The summed E-state index contributed by atoms with van der Waals surface area (Å²) >= 11 is 0. The first kappa shape index (κ1) is 15.4. The summed E-state index contributed by atoms with van der Waals surface area (Å²) in [7, 11) is 0. The maximum absolute atomic E-state index is 11.6. The monoisotopic (exact) mass is 256 g/mol. The van der Waals surface area contributed by atoms with Crippen LogP contribution in [0.1, 0.15) is 52.9 Å². The van der Waals surface area contributed by atoms with E-state index in [1.807, 2.05) is 13.8 Å². The van der Waals surface area contributed by atoms with Gasteiger partial charge in [0.15, 0.2) is 0 Å². The maximum Gasteiger partial charge on any atom is 0.246 e. The van der Waals surface area contributed by atoms with E-state index >= 15 is 0 Å². The van der Waals surface area contributed by atoms with Gasteiger partial charge in [0, 0.05) is 18.2 Å². The van der Waals surface area contributed by atoms with E-state index in [1.165, 1.54) is 19.3 Å². The number of hydrogen-bond acceptors (Lipinski definition) is 3. The van der Waals surface area contributed by atoms with E-state index in [9.17, 15) is 4.79 Å². The highest BCUT2D eigenvalue weighted by Crippen LogP contribution is 2.10. The van der Waals surface area contributed by atoms with Crippen LogP contribution in [0.3, 0.4) is 0 Å². The molecule has 1 amide bonds. The van der Waals surface area contributed by atoms with E-state index in [0.717, 1.165) is 19.4 Å². The number of nitrogens with one attached hydrogen (secondary N) is 2. The van der Waals surface area contributed by atoms with Crippen LogP contribution in [0.2, 0.25) is 0 Å². The number of carbonyl (C=O) groups is 1. The first-order valence-electron chi connectivity index (χ1n) is 7.15. The van der Waals surface area contributed by atoms with Crippen LogP contribution >= 0.6 is 0 Å². The van der Waals surface area contributed by atoms with Gasteiger partial charge >= 0.3 is 0 Å². The summed E-state index contributed by atoms with van der Waals surface area (Å²) in [6.45, 7) is 8.08. The average molecular weight is 256 g/mol. The lowest BCUT2D eigenvalue weighted by molar-refractivity contribution is -0.127. The summed E-state index contributed by atoms with van der Waals surface area (Å²) in [4.78, 5) is 11.6. The molecule has 106 valence electrons. The predicted octanol–water partition coefficient (Wildman–Crippen LogP) is 1.84. The standard InChI is InChI=1S/C14H28N2O2/c1-4-14(2,3)16-13(17)11-18-10-8-12-7-5-6-9-15-12/h12,15H,4-11H2,1-3H3,(H,16,17). The minimum atomic E-state index is -0.134. The molecule has 1 unspecified atom stereocenters. The SMILES string of the molecule is CCC(C)(C)NC(=O)COCCC1CCCCN1. The fraction of sp³-hybridized carbons (Fsp3) is 0.929. The van der Waals surface area contributed by atoms with E-state index in [2.05, 4.69) is 17.6 Å². The van der Waals surface area contributed by atoms with Crippen molar-refractivity contribution in [3.63, 3.8) is 0 Å². The van der Waals surface area contributed by atoms with Gasteiger partial charge in [0.1, 0.15) is 6.61 Å². The minimum absolute atomic E-state index is 0.0153. The fourth-order valence-electron chi connectivity index (χ4n) is 2.06. The van der Waals surface area contributed by atoms with Crippen LogP contribution in [-0.4, -0.2) is 37.2 Å². The summed E-state index contributed by atoms with van der Waals surface area (Å²) in [6, 6.07) is 0.578. The van der Waals surface area contributed by atoms with Gasteiger partial charge in [-0.05, 0) is 46.1 Å². The molecule has 0 aromatic heterocycles. The summed E-state index contributed by atoms with van der Waals surface area (Å²) in [6.07, 6.45) is 5.75. The van der Waals surface area contributed by atoms with Crippen LogP contribution in [0.5, 0.6) is 0 Å². The maximum atomic E-state index is 11.6. The van der Waals surface area contributed by atoms with Gasteiger partial charge in [0.2, 0.25) is 5.91 Å². The van der Waals surface area contributed by atoms with Crippen LogP contribution in [-0.2, 0) is 9.53 Å². The summed E-state index contributed by atoms with van der Waals surface area (Å²) in [5.41, 5.74) is -0.134. The number of carbonyl (C=O) groups excluding carboxylic acids is 1. The number of piperidine rings is 1. The third kappa shape index (κ3) is 6.36. The molecule has 1 heterocycles. The van der Waals surface area contributed by atoms with Crippen LogP contribution in [0.25, 0.3) is 0 Å². The van der Waals surface area contributed by atoms with Crippen molar-refractivity contribution in [2.24, 2.45) is 0 Å². The zero-order valence-electron chi connectivity index (χ0n) is 12.1. The third-order valence-corrected chi connectivity index (χ3v) is 3.62. The van der Waals surface area contributed by atoms with Crippen LogP contribution in [0, 0.1) is 0 Å². The second kappa shape index (κ2) is 7.74. The number of ether oxygens (including phenoxy) is 1. The van der Waals surface area contributed by atoms with Crippen molar-refractivity contribution in [3.05, 3.63) is 0 Å². The number of rotatable bonds is 7. The van der Waals surface area contributed by atoms with Crippen LogP contribution in [0.15, 0.2) is 0 Å². The smallest absolute Gasteiger partial charge is 0.246 e. The molecule has 0 aromatic carbocycles. The van der Waals surface area contributed by atoms with Crippen molar-refractivity contribution in [1.82, 2.24) is 10.6 Å². The highest BCUT2D eigenvalue weighted by Gasteiger charge is 2.17. The van der Waals surface area contributed by atoms with Gasteiger partial charge in [-0.2, -0.15) is 0 Å². The first-order chi connectivity index (χ1) is 8.53. The molecule has 4 nitrogen and oxygen atoms in total. The van der Waals surface area contributed by atoms with Crippen molar-refractivity contribution in [1.29, 1.82) is 0 Å². The molecule has 1 rings (SSSR count). The first-order valence-corrected chi connectivity index (χ1v) is 7.15. The molecule has 4 heteroatoms. The lowest BCUT2D eigenvalue weighted by Crippen LogP contribution is -2.44. The molecule has 0 saturated carbocycles. The average Bonchev–Trinajstić information content (AvgIpc) is 2.35. The van der Waals surface area contributed by atoms with Gasteiger partial charge in [0.05, 0.1) is 0 Å². The molecule has 2 N–H and O–H groups in total. The molecule has 1 atom stereocenters. The number of amides is 1. The molecule has 1 saturated heterocycles. The molecule has 0 spiro atoms. The van der Waals surface area contributed by atoms with Crippen molar-refractivity contribution in [2.75, 3.05) is 19.8 Å². The van der Waals surface area contributed by atoms with Gasteiger partial charge in [-0.15, -0.1) is 0 Å². The van der Waals surface area contributed by atoms with Crippen molar-refractivity contribution >= 4 is 5.91 Å². The zero-order valence-corrected chi connectivity index (χ0v) is 12.1. The lowest BCUT2D eigenvalue weighted by Gasteiger charge is -2.25. The predicted molar refractivity (Wildman–Crippen MR) is 73.6 cm³/mol. The van der Waals surface area contributed by atoms with Gasteiger partial charge in [-0.1, -0.05) is 13.3 Å². The highest BCUT2D eigenvalue weighted by molar-refractivity contribution is 5.77. The normalized spacial score (nSPS) is 20.7. The lowest BCUT2D eigenvalue weighted by atomic mass is 10.0. The fourth-order valence-corrected chi connectivity index (χ4v) is 2.06. The van der Waals surface area contributed by atoms with E-state index in [-0.39, 0.29) is 18.1 Å². The molecular weight excluding hydrogens is 228 g/mol. The number of hydrogen-bond donors (Lipinski definition) is 2. The van der Waals surface area contributed by atoms with Gasteiger partial charge in [0.25, 0.3) is 0 Å². The summed E-state index contributed by atoms with van der Waals surface area (Å²) in [5, 5.41) is 6.44. The Balaban J connectivity index is 2.04. The zero-order chi connectivity index (χ0) is 13.4. The van der Waals surface area contributed by atoms with E-state index in [4.69, 9.17) is 4.74 Å². The quantitative estimate of drug-likeness (QED) is 0.683. The van der Waals surface area contributed by atoms with E-state index < -0.39 is 0 Å². The van der Waals surface area contributed by atoms with Crippen molar-refractivity contribution in [3.8, 4) is 0 Å². The van der Waals surface area contributed by atoms with Crippen LogP contribution in [0.4, 0.5) is 0 Å². The Bertz CT molecular complexity index is 248. The Morgan fingerprint density at radius 2 is 2.22 bits per heavy atom. The Labute approximate surface area is 111 Å². The van der Waals surface area contributed by atoms with Gasteiger partial charge in [-0.3, -0.25) is 4.79 Å². The highest BCUT2D eigenvalue weighted by atomic mass is 16.5. The Morgan fingerprint density at radius 1 is 1.44 bits per heavy atom. The van der Waals surface area contributed by atoms with Gasteiger partial charge in [-0.25, -0.2) is 0 Å². The Morgan fingerprint density at radius 3 is 2.83 bits per heavy atom. The molecule has 1 aliphatic heterocycles. The largest absolute Gasteiger partial charge is 0.372 e. The minimum Gasteiger partial charge on any atom is -0.372 e.